The van der Waals surface area contributed by atoms with Crippen LogP contribution in [0.5, 0.6) is 5.75 Å². The molecule has 1 amide bonds. The standard InChI is InChI=1S/C16H14ClFN2O4/c1-9-3-6-15(14(7-9)20(22)23)24-10(2)16(21)19-11-4-5-13(18)12(17)8-11/h3-8,10H,1-2H3,(H,19,21)/t10-/m1/s1. The molecule has 8 heteroatoms. The molecule has 0 saturated heterocycles. The molecule has 1 N–H and O–H groups in total. The highest BCUT2D eigenvalue weighted by Crippen LogP contribution is 2.29. The van der Waals surface area contributed by atoms with Crippen molar-refractivity contribution in [2.24, 2.45) is 0 Å². The van der Waals surface area contributed by atoms with Crippen molar-refractivity contribution >= 4 is 28.9 Å². The second kappa shape index (κ2) is 7.27. The molecule has 2 aromatic rings. The second-order valence-electron chi connectivity index (χ2n) is 5.11. The molecule has 0 aliphatic carbocycles. The molecule has 6 nitrogen and oxygen atoms in total. The van der Waals surface area contributed by atoms with E-state index in [2.05, 4.69) is 5.32 Å². The highest BCUT2D eigenvalue weighted by atomic mass is 35.5. The number of nitrogens with zero attached hydrogens (tertiary/aromatic N) is 1. The van der Waals surface area contributed by atoms with Crippen molar-refractivity contribution in [3.63, 3.8) is 0 Å². The highest BCUT2D eigenvalue weighted by Gasteiger charge is 2.21. The minimum atomic E-state index is -1.00. The molecule has 0 radical (unpaired) electrons. The predicted molar refractivity (Wildman–Crippen MR) is 88.0 cm³/mol. The lowest BCUT2D eigenvalue weighted by Gasteiger charge is -2.15. The molecule has 126 valence electrons. The number of halogens is 2. The lowest BCUT2D eigenvalue weighted by Crippen LogP contribution is -2.30. The maximum atomic E-state index is 13.1. The van der Waals surface area contributed by atoms with E-state index in [9.17, 15) is 19.3 Å². The average molecular weight is 353 g/mol. The first kappa shape index (κ1) is 17.7. The molecule has 1 atom stereocenters. The Morgan fingerprint density at radius 3 is 2.67 bits per heavy atom. The third-order valence-corrected chi connectivity index (χ3v) is 3.46. The zero-order chi connectivity index (χ0) is 17.9. The molecule has 0 aromatic heterocycles. The lowest BCUT2D eigenvalue weighted by atomic mass is 10.2. The van der Waals surface area contributed by atoms with E-state index in [4.69, 9.17) is 16.3 Å². The Morgan fingerprint density at radius 1 is 1.33 bits per heavy atom. The van der Waals surface area contributed by atoms with E-state index < -0.39 is 22.8 Å². The van der Waals surface area contributed by atoms with Crippen molar-refractivity contribution in [3.05, 3.63) is 62.9 Å². The van der Waals surface area contributed by atoms with Crippen LogP contribution < -0.4 is 10.1 Å². The third-order valence-electron chi connectivity index (χ3n) is 3.17. The monoisotopic (exact) mass is 352 g/mol. The molecule has 0 saturated carbocycles. The van der Waals surface area contributed by atoms with E-state index >= 15 is 0 Å². The summed E-state index contributed by atoms with van der Waals surface area (Å²) in [6, 6.07) is 8.17. The predicted octanol–water partition coefficient (Wildman–Crippen LogP) is 4.10. The zero-order valence-corrected chi connectivity index (χ0v) is 13.6. The van der Waals surface area contributed by atoms with Crippen molar-refractivity contribution in [3.8, 4) is 5.75 Å². The molecule has 0 aliphatic heterocycles. The molecule has 0 fully saturated rings. The van der Waals surface area contributed by atoms with Gasteiger partial charge in [0.05, 0.1) is 9.95 Å². The smallest absolute Gasteiger partial charge is 0.311 e. The summed E-state index contributed by atoms with van der Waals surface area (Å²) < 4.78 is 18.5. The first-order valence-electron chi connectivity index (χ1n) is 6.95. The number of aryl methyl sites for hydroxylation is 1. The minimum absolute atomic E-state index is 0.00890. The zero-order valence-electron chi connectivity index (χ0n) is 12.9. The van der Waals surface area contributed by atoms with Gasteiger partial charge in [-0.1, -0.05) is 17.7 Å². The summed E-state index contributed by atoms with van der Waals surface area (Å²) in [7, 11) is 0. The van der Waals surface area contributed by atoms with Crippen LogP contribution in [0, 0.1) is 22.9 Å². The van der Waals surface area contributed by atoms with Gasteiger partial charge in [-0.3, -0.25) is 14.9 Å². The molecule has 0 spiro atoms. The van der Waals surface area contributed by atoms with Crippen molar-refractivity contribution < 1.29 is 18.8 Å². The SMILES string of the molecule is Cc1ccc(O[C@H](C)C(=O)Nc2ccc(F)c(Cl)c2)c([N+](=O)[O-])c1. The first-order valence-corrected chi connectivity index (χ1v) is 7.33. The van der Waals surface area contributed by atoms with Crippen LogP contribution in [0.15, 0.2) is 36.4 Å². The number of hydrogen-bond acceptors (Lipinski definition) is 4. The van der Waals surface area contributed by atoms with E-state index in [0.29, 0.717) is 11.3 Å². The Balaban J connectivity index is 2.11. The van der Waals surface area contributed by atoms with Gasteiger partial charge < -0.3 is 10.1 Å². The van der Waals surface area contributed by atoms with Crippen LogP contribution in [-0.2, 0) is 4.79 Å². The van der Waals surface area contributed by atoms with Gasteiger partial charge >= 0.3 is 5.69 Å². The van der Waals surface area contributed by atoms with Crippen LogP contribution in [0.4, 0.5) is 15.8 Å². The fraction of sp³-hybridized carbons (Fsp3) is 0.188. The maximum absolute atomic E-state index is 13.1. The summed E-state index contributed by atoms with van der Waals surface area (Å²) in [4.78, 5) is 22.6. The summed E-state index contributed by atoms with van der Waals surface area (Å²) in [5.74, 6) is -1.16. The lowest BCUT2D eigenvalue weighted by molar-refractivity contribution is -0.386. The van der Waals surface area contributed by atoms with Crippen LogP contribution in [0.3, 0.4) is 0 Å². The number of ether oxygens (including phenoxy) is 1. The number of carbonyl (C=O) groups is 1. The molecule has 24 heavy (non-hydrogen) atoms. The molecule has 2 rings (SSSR count). The topological polar surface area (TPSA) is 81.5 Å². The van der Waals surface area contributed by atoms with Gasteiger partial charge in [0.15, 0.2) is 11.9 Å². The molecular weight excluding hydrogens is 339 g/mol. The Morgan fingerprint density at radius 2 is 2.04 bits per heavy atom. The number of hydrogen-bond donors (Lipinski definition) is 1. The van der Waals surface area contributed by atoms with Crippen LogP contribution >= 0.6 is 11.6 Å². The summed E-state index contributed by atoms with van der Waals surface area (Å²) in [5, 5.41) is 13.4. The highest BCUT2D eigenvalue weighted by molar-refractivity contribution is 6.31. The number of nitrogens with one attached hydrogen (secondary N) is 1. The summed E-state index contributed by atoms with van der Waals surface area (Å²) >= 11 is 5.64. The number of nitro groups is 1. The van der Waals surface area contributed by atoms with Gasteiger partial charge in [-0.2, -0.15) is 0 Å². The molecule has 2 aromatic carbocycles. The molecule has 0 bridgehead atoms. The van der Waals surface area contributed by atoms with E-state index in [1.54, 1.807) is 13.0 Å². The fourth-order valence-electron chi connectivity index (χ4n) is 1.93. The normalized spacial score (nSPS) is 11.7. The third kappa shape index (κ3) is 4.20. The Kier molecular flexibility index (Phi) is 5.35. The van der Waals surface area contributed by atoms with Crippen molar-refractivity contribution in [1.82, 2.24) is 0 Å². The van der Waals surface area contributed by atoms with Gasteiger partial charge in [-0.15, -0.1) is 0 Å². The fourth-order valence-corrected chi connectivity index (χ4v) is 2.11. The van der Waals surface area contributed by atoms with E-state index in [1.807, 2.05) is 0 Å². The van der Waals surface area contributed by atoms with Gasteiger partial charge in [0.1, 0.15) is 5.82 Å². The van der Waals surface area contributed by atoms with Crippen molar-refractivity contribution in [2.45, 2.75) is 20.0 Å². The minimum Gasteiger partial charge on any atom is -0.474 e. The Bertz CT molecular complexity index is 798. The van der Waals surface area contributed by atoms with E-state index in [-0.39, 0.29) is 16.5 Å². The summed E-state index contributed by atoms with van der Waals surface area (Å²) in [5.41, 5.74) is 0.770. The molecule has 0 unspecified atom stereocenters. The largest absolute Gasteiger partial charge is 0.474 e. The van der Waals surface area contributed by atoms with E-state index in [1.165, 1.54) is 31.2 Å². The summed E-state index contributed by atoms with van der Waals surface area (Å²) in [6.45, 7) is 3.16. The number of benzene rings is 2. The molecule has 0 heterocycles. The maximum Gasteiger partial charge on any atom is 0.311 e. The van der Waals surface area contributed by atoms with Gasteiger partial charge in [-0.05, 0) is 43.7 Å². The number of nitro benzene ring substituents is 1. The van der Waals surface area contributed by atoms with Gasteiger partial charge in [0.2, 0.25) is 0 Å². The molecular formula is C16H14ClFN2O4. The first-order chi connectivity index (χ1) is 11.3. The summed E-state index contributed by atoms with van der Waals surface area (Å²) in [6.07, 6.45) is -1.00. The van der Waals surface area contributed by atoms with Crippen LogP contribution in [-0.4, -0.2) is 16.9 Å². The number of amides is 1. The number of anilines is 1. The quantitative estimate of drug-likeness (QED) is 0.648. The Hall–Kier alpha value is -2.67. The Labute approximate surface area is 142 Å². The van der Waals surface area contributed by atoms with Gasteiger partial charge in [-0.25, -0.2) is 4.39 Å². The van der Waals surface area contributed by atoms with Crippen molar-refractivity contribution in [1.29, 1.82) is 0 Å². The number of rotatable bonds is 5. The van der Waals surface area contributed by atoms with Gasteiger partial charge in [0.25, 0.3) is 5.91 Å². The second-order valence-corrected chi connectivity index (χ2v) is 5.51. The van der Waals surface area contributed by atoms with Crippen LogP contribution in [0.1, 0.15) is 12.5 Å². The van der Waals surface area contributed by atoms with Gasteiger partial charge in [0, 0.05) is 11.8 Å². The van der Waals surface area contributed by atoms with Crippen LogP contribution in [0.2, 0.25) is 5.02 Å². The van der Waals surface area contributed by atoms with E-state index in [0.717, 1.165) is 6.07 Å². The number of carbonyl (C=O) groups excluding carboxylic acids is 1. The van der Waals surface area contributed by atoms with Crippen molar-refractivity contribution in [2.75, 3.05) is 5.32 Å². The van der Waals surface area contributed by atoms with Crippen LogP contribution in [0.25, 0.3) is 0 Å². The average Bonchev–Trinajstić information content (AvgIpc) is 2.52. The molecule has 0 aliphatic rings.